The van der Waals surface area contributed by atoms with Gasteiger partial charge in [-0.2, -0.15) is 0 Å². The van der Waals surface area contributed by atoms with E-state index >= 15 is 0 Å². The Morgan fingerprint density at radius 3 is 2.70 bits per heavy atom. The van der Waals surface area contributed by atoms with E-state index in [1.54, 1.807) is 12.1 Å². The largest absolute Gasteiger partial charge is 0.391 e. The van der Waals surface area contributed by atoms with Gasteiger partial charge in [0.2, 0.25) is 0 Å². The lowest BCUT2D eigenvalue weighted by Gasteiger charge is -2.29. The standard InChI is InChI=1S/C19H28ClFN4O.HI/c1-2-22-19(25-11-8-14(26)13-25)23-12-17(24-9-3-4-10-24)18-15(20)6-5-7-16(18)21;/h5-7,14,17,26H,2-4,8-13H2,1H3,(H,22,23);1H/t14-,17?;/m1./s1. The van der Waals surface area contributed by atoms with Crippen LogP contribution in [0.3, 0.4) is 0 Å². The molecule has 0 bridgehead atoms. The smallest absolute Gasteiger partial charge is 0.194 e. The summed E-state index contributed by atoms with van der Waals surface area (Å²) in [6, 6.07) is 4.68. The molecule has 0 aromatic heterocycles. The van der Waals surface area contributed by atoms with E-state index in [0.717, 1.165) is 51.4 Å². The van der Waals surface area contributed by atoms with Gasteiger partial charge < -0.3 is 15.3 Å². The van der Waals surface area contributed by atoms with E-state index in [2.05, 4.69) is 15.1 Å². The lowest BCUT2D eigenvalue weighted by Crippen LogP contribution is -2.41. The topological polar surface area (TPSA) is 51.1 Å². The van der Waals surface area contributed by atoms with Crippen LogP contribution in [0.5, 0.6) is 0 Å². The summed E-state index contributed by atoms with van der Waals surface area (Å²) < 4.78 is 14.6. The zero-order valence-corrected chi connectivity index (χ0v) is 18.8. The highest BCUT2D eigenvalue weighted by Gasteiger charge is 2.29. The van der Waals surface area contributed by atoms with Crippen molar-refractivity contribution < 1.29 is 9.50 Å². The summed E-state index contributed by atoms with van der Waals surface area (Å²) >= 11 is 6.35. The second kappa shape index (κ2) is 10.8. The lowest BCUT2D eigenvalue weighted by molar-refractivity contribution is 0.187. The maximum atomic E-state index is 14.6. The lowest BCUT2D eigenvalue weighted by atomic mass is 10.0. The van der Waals surface area contributed by atoms with Gasteiger partial charge in [-0.3, -0.25) is 9.89 Å². The van der Waals surface area contributed by atoms with Gasteiger partial charge in [-0.1, -0.05) is 17.7 Å². The van der Waals surface area contributed by atoms with Crippen molar-refractivity contribution in [1.82, 2.24) is 15.1 Å². The fourth-order valence-electron chi connectivity index (χ4n) is 3.80. The van der Waals surface area contributed by atoms with Crippen LogP contribution in [-0.4, -0.2) is 66.2 Å². The molecule has 2 aliphatic rings. The predicted molar refractivity (Wildman–Crippen MR) is 119 cm³/mol. The minimum atomic E-state index is -0.311. The van der Waals surface area contributed by atoms with Crippen LogP contribution in [-0.2, 0) is 0 Å². The summed E-state index contributed by atoms with van der Waals surface area (Å²) in [6.07, 6.45) is 2.67. The number of hydrogen-bond acceptors (Lipinski definition) is 3. The van der Waals surface area contributed by atoms with Gasteiger partial charge in [0.15, 0.2) is 5.96 Å². The zero-order valence-electron chi connectivity index (χ0n) is 15.7. The van der Waals surface area contributed by atoms with Crippen molar-refractivity contribution in [1.29, 1.82) is 0 Å². The summed E-state index contributed by atoms with van der Waals surface area (Å²) in [4.78, 5) is 9.13. The molecule has 3 rings (SSSR count). The Morgan fingerprint density at radius 1 is 1.37 bits per heavy atom. The Hall–Kier alpha value is -0.640. The maximum Gasteiger partial charge on any atom is 0.194 e. The minimum absolute atomic E-state index is 0. The highest BCUT2D eigenvalue weighted by atomic mass is 127. The Morgan fingerprint density at radius 2 is 2.11 bits per heavy atom. The number of nitrogens with one attached hydrogen (secondary N) is 1. The number of aliphatic hydroxyl groups excluding tert-OH is 1. The van der Waals surface area contributed by atoms with Crippen LogP contribution in [0.1, 0.15) is 37.8 Å². The molecule has 2 saturated heterocycles. The van der Waals surface area contributed by atoms with E-state index in [1.807, 2.05) is 6.92 Å². The number of guanidine groups is 1. The van der Waals surface area contributed by atoms with E-state index in [0.29, 0.717) is 23.7 Å². The number of aliphatic hydroxyl groups is 1. The number of aliphatic imine (C=N–C) groups is 1. The van der Waals surface area contributed by atoms with Gasteiger partial charge in [0.05, 0.1) is 18.7 Å². The molecular weight excluding hydrogens is 482 g/mol. The molecule has 0 aliphatic carbocycles. The Labute approximate surface area is 183 Å². The first-order chi connectivity index (χ1) is 12.6. The van der Waals surface area contributed by atoms with Crippen molar-refractivity contribution in [2.24, 2.45) is 4.99 Å². The van der Waals surface area contributed by atoms with Gasteiger partial charge in [0.25, 0.3) is 0 Å². The molecule has 0 amide bonds. The highest BCUT2D eigenvalue weighted by Crippen LogP contribution is 2.32. The summed E-state index contributed by atoms with van der Waals surface area (Å²) in [7, 11) is 0. The van der Waals surface area contributed by atoms with Crippen LogP contribution < -0.4 is 5.32 Å². The number of hydrogen-bond donors (Lipinski definition) is 2. The Balaban J connectivity index is 0.00000261. The molecule has 0 saturated carbocycles. The van der Waals surface area contributed by atoms with Crippen molar-refractivity contribution >= 4 is 41.5 Å². The quantitative estimate of drug-likeness (QED) is 0.363. The third kappa shape index (κ3) is 5.68. The average Bonchev–Trinajstić information content (AvgIpc) is 3.28. The van der Waals surface area contributed by atoms with Crippen molar-refractivity contribution in [3.8, 4) is 0 Å². The molecule has 2 heterocycles. The number of benzene rings is 1. The molecule has 5 nitrogen and oxygen atoms in total. The van der Waals surface area contributed by atoms with Gasteiger partial charge in [-0.05, 0) is 51.4 Å². The SMILES string of the molecule is CCNC(=NCC(c1c(F)cccc1Cl)N1CCCC1)N1CC[C@@H](O)C1.I. The molecule has 1 aromatic carbocycles. The monoisotopic (exact) mass is 510 g/mol. The van der Waals surface area contributed by atoms with Gasteiger partial charge in [0.1, 0.15) is 5.82 Å². The number of β-amino-alcohol motifs (C(OH)–C–C–N with tert-alkyl or cyclic N) is 1. The predicted octanol–water partition coefficient (Wildman–Crippen LogP) is 3.27. The summed E-state index contributed by atoms with van der Waals surface area (Å²) in [5.41, 5.74) is 0.539. The highest BCUT2D eigenvalue weighted by molar-refractivity contribution is 14.0. The summed E-state index contributed by atoms with van der Waals surface area (Å²) in [5, 5.41) is 13.6. The van der Waals surface area contributed by atoms with Crippen LogP contribution in [0.15, 0.2) is 23.2 Å². The van der Waals surface area contributed by atoms with Gasteiger partial charge in [-0.25, -0.2) is 4.39 Å². The maximum absolute atomic E-state index is 14.6. The molecule has 1 unspecified atom stereocenters. The van der Waals surface area contributed by atoms with E-state index in [-0.39, 0.29) is 41.9 Å². The average molecular weight is 511 g/mol. The molecule has 0 spiro atoms. The Kier molecular flexibility index (Phi) is 9.04. The van der Waals surface area contributed by atoms with Crippen LogP contribution in [0.25, 0.3) is 0 Å². The van der Waals surface area contributed by atoms with E-state index in [1.165, 1.54) is 6.07 Å². The number of rotatable bonds is 5. The van der Waals surface area contributed by atoms with Crippen LogP contribution >= 0.6 is 35.6 Å². The third-order valence-corrected chi connectivity index (χ3v) is 5.46. The van der Waals surface area contributed by atoms with Crippen molar-refractivity contribution in [2.75, 3.05) is 39.3 Å². The molecule has 2 atom stereocenters. The molecule has 27 heavy (non-hydrogen) atoms. The van der Waals surface area contributed by atoms with E-state index in [4.69, 9.17) is 16.6 Å². The van der Waals surface area contributed by atoms with Crippen molar-refractivity contribution in [3.05, 3.63) is 34.6 Å². The van der Waals surface area contributed by atoms with Gasteiger partial charge >= 0.3 is 0 Å². The first-order valence-electron chi connectivity index (χ1n) is 9.49. The second-order valence-electron chi connectivity index (χ2n) is 6.98. The van der Waals surface area contributed by atoms with E-state index in [9.17, 15) is 9.50 Å². The molecule has 1 aromatic rings. The molecule has 152 valence electrons. The van der Waals surface area contributed by atoms with Gasteiger partial charge in [0, 0.05) is 30.2 Å². The molecule has 2 aliphatic heterocycles. The molecular formula is C19H29ClFIN4O. The number of halogens is 3. The first-order valence-corrected chi connectivity index (χ1v) is 9.87. The third-order valence-electron chi connectivity index (χ3n) is 5.13. The molecule has 8 heteroatoms. The first kappa shape index (κ1) is 22.6. The summed E-state index contributed by atoms with van der Waals surface area (Å²) in [6.45, 7) is 6.44. The fraction of sp³-hybridized carbons (Fsp3) is 0.632. The summed E-state index contributed by atoms with van der Waals surface area (Å²) in [5.74, 6) is 0.506. The molecule has 2 N–H and O–H groups in total. The van der Waals surface area contributed by atoms with Gasteiger partial charge in [-0.15, -0.1) is 24.0 Å². The van der Waals surface area contributed by atoms with Crippen molar-refractivity contribution in [3.63, 3.8) is 0 Å². The molecule has 0 radical (unpaired) electrons. The minimum Gasteiger partial charge on any atom is -0.391 e. The Bertz CT molecular complexity index is 622. The van der Waals surface area contributed by atoms with Crippen LogP contribution in [0.2, 0.25) is 5.02 Å². The second-order valence-corrected chi connectivity index (χ2v) is 7.38. The van der Waals surface area contributed by atoms with Crippen LogP contribution in [0, 0.1) is 5.82 Å². The fourth-order valence-corrected chi connectivity index (χ4v) is 4.09. The van der Waals surface area contributed by atoms with E-state index < -0.39 is 0 Å². The number of nitrogens with zero attached hydrogens (tertiary/aromatic N) is 3. The number of likely N-dealkylation sites (tertiary alicyclic amines) is 2. The van der Waals surface area contributed by atoms with Crippen molar-refractivity contribution in [2.45, 2.75) is 38.3 Å². The molecule has 2 fully saturated rings. The zero-order chi connectivity index (χ0) is 18.5. The van der Waals surface area contributed by atoms with Crippen LogP contribution in [0.4, 0.5) is 4.39 Å². The normalized spacial score (nSPS) is 22.0.